The lowest BCUT2D eigenvalue weighted by atomic mass is 9.84. The number of anilines is 1. The van der Waals surface area contributed by atoms with Crippen LogP contribution < -0.4 is 10.2 Å². The molecule has 1 saturated heterocycles. The monoisotopic (exact) mass is 303 g/mol. The first-order valence-electron chi connectivity index (χ1n) is 7.81. The van der Waals surface area contributed by atoms with Crippen LogP contribution in [0.4, 0.5) is 11.4 Å². The fourth-order valence-electron chi connectivity index (χ4n) is 3.67. The summed E-state index contributed by atoms with van der Waals surface area (Å²) in [6.45, 7) is 4.82. The van der Waals surface area contributed by atoms with Crippen molar-refractivity contribution >= 4 is 17.3 Å². The van der Waals surface area contributed by atoms with E-state index in [-0.39, 0.29) is 34.5 Å². The Morgan fingerprint density at radius 2 is 2.23 bits per heavy atom. The Labute approximate surface area is 129 Å². The van der Waals surface area contributed by atoms with Crippen molar-refractivity contribution in [3.8, 4) is 0 Å². The number of rotatable bonds is 3. The van der Waals surface area contributed by atoms with Crippen molar-refractivity contribution in [2.24, 2.45) is 5.92 Å². The van der Waals surface area contributed by atoms with Gasteiger partial charge in [0.25, 0.3) is 5.69 Å². The molecule has 2 aliphatic rings. The summed E-state index contributed by atoms with van der Waals surface area (Å²) in [7, 11) is 0. The van der Waals surface area contributed by atoms with Crippen LogP contribution in [0.1, 0.15) is 32.3 Å². The largest absolute Gasteiger partial charge is 0.368 e. The smallest absolute Gasteiger partial charge is 0.269 e. The molecule has 2 aliphatic heterocycles. The Morgan fingerprint density at radius 3 is 2.91 bits per heavy atom. The first kappa shape index (κ1) is 14.8. The molecule has 1 fully saturated rings. The van der Waals surface area contributed by atoms with Gasteiger partial charge in [-0.15, -0.1) is 0 Å². The fraction of sp³-hybridized carbons (Fsp3) is 0.562. The van der Waals surface area contributed by atoms with Gasteiger partial charge in [0.2, 0.25) is 5.91 Å². The summed E-state index contributed by atoms with van der Waals surface area (Å²) in [5, 5.41) is 14.0. The summed E-state index contributed by atoms with van der Waals surface area (Å²) in [4.78, 5) is 25.4. The van der Waals surface area contributed by atoms with Crippen molar-refractivity contribution in [2.75, 3.05) is 11.4 Å². The molecule has 118 valence electrons. The van der Waals surface area contributed by atoms with E-state index in [4.69, 9.17) is 0 Å². The Bertz CT molecular complexity index is 615. The molecule has 2 atom stereocenters. The number of benzene rings is 1. The van der Waals surface area contributed by atoms with Gasteiger partial charge >= 0.3 is 0 Å². The lowest BCUT2D eigenvalue weighted by molar-refractivity contribution is -0.384. The third-order valence-corrected chi connectivity index (χ3v) is 4.55. The van der Waals surface area contributed by atoms with E-state index >= 15 is 0 Å². The third kappa shape index (κ3) is 2.53. The molecular weight excluding hydrogens is 282 g/mol. The van der Waals surface area contributed by atoms with E-state index in [0.717, 1.165) is 30.6 Å². The molecule has 0 spiro atoms. The van der Waals surface area contributed by atoms with Gasteiger partial charge in [0.1, 0.15) is 0 Å². The van der Waals surface area contributed by atoms with Crippen LogP contribution in [0.3, 0.4) is 0 Å². The van der Waals surface area contributed by atoms with Crippen molar-refractivity contribution in [3.05, 3.63) is 33.9 Å². The molecule has 1 amide bonds. The number of amides is 1. The van der Waals surface area contributed by atoms with Gasteiger partial charge in [0.15, 0.2) is 0 Å². The molecule has 1 N–H and O–H groups in total. The number of fused-ring (bicyclic) bond motifs is 3. The number of nitrogens with zero attached hydrogens (tertiary/aromatic N) is 2. The van der Waals surface area contributed by atoms with Gasteiger partial charge in [-0.05, 0) is 44.7 Å². The van der Waals surface area contributed by atoms with E-state index in [2.05, 4.69) is 10.2 Å². The van der Waals surface area contributed by atoms with Gasteiger partial charge in [-0.1, -0.05) is 0 Å². The molecule has 22 heavy (non-hydrogen) atoms. The van der Waals surface area contributed by atoms with Crippen molar-refractivity contribution in [2.45, 2.75) is 45.2 Å². The van der Waals surface area contributed by atoms with Gasteiger partial charge in [-0.25, -0.2) is 0 Å². The first-order chi connectivity index (χ1) is 10.5. The maximum Gasteiger partial charge on any atom is 0.269 e. The van der Waals surface area contributed by atoms with Gasteiger partial charge in [0, 0.05) is 36.4 Å². The van der Waals surface area contributed by atoms with Crippen LogP contribution in [0.5, 0.6) is 0 Å². The zero-order valence-electron chi connectivity index (χ0n) is 12.9. The highest BCUT2D eigenvalue weighted by Gasteiger charge is 2.41. The number of hydrogen-bond donors (Lipinski definition) is 1. The number of carbonyl (C=O) groups excluding carboxylic acids is 1. The minimum absolute atomic E-state index is 0.0593. The van der Waals surface area contributed by atoms with Crippen molar-refractivity contribution < 1.29 is 9.72 Å². The maximum absolute atomic E-state index is 12.5. The van der Waals surface area contributed by atoms with Crippen LogP contribution in [-0.4, -0.2) is 29.5 Å². The minimum Gasteiger partial charge on any atom is -0.368 e. The van der Waals surface area contributed by atoms with E-state index in [1.165, 1.54) is 0 Å². The van der Waals surface area contributed by atoms with Crippen LogP contribution in [0.2, 0.25) is 0 Å². The first-order valence-corrected chi connectivity index (χ1v) is 7.81. The predicted molar refractivity (Wildman–Crippen MR) is 83.9 cm³/mol. The maximum atomic E-state index is 12.5. The van der Waals surface area contributed by atoms with Crippen LogP contribution in [0.25, 0.3) is 0 Å². The third-order valence-electron chi connectivity index (χ3n) is 4.55. The average Bonchev–Trinajstić information content (AvgIpc) is 2.94. The highest BCUT2D eigenvalue weighted by atomic mass is 16.6. The molecular formula is C16H21N3O3. The van der Waals surface area contributed by atoms with Crippen LogP contribution >= 0.6 is 0 Å². The zero-order chi connectivity index (χ0) is 15.9. The number of non-ortho nitro benzene ring substituents is 1. The van der Waals surface area contributed by atoms with E-state index in [1.807, 2.05) is 19.9 Å². The standard InChI is InChI=1S/C16H21N3O3/c1-10(2)17-16(20)13-9-11-8-12(19(21)22)5-6-14(11)18-7-3-4-15(13)18/h5-6,8,10,13,15H,3-4,7,9H2,1-2H3,(H,17,20)/t13-,15-/m1/s1. The van der Waals surface area contributed by atoms with Gasteiger partial charge in [0.05, 0.1) is 10.8 Å². The topological polar surface area (TPSA) is 75.5 Å². The molecule has 2 heterocycles. The number of nitro groups is 1. The molecule has 0 saturated carbocycles. The molecule has 6 nitrogen and oxygen atoms in total. The van der Waals surface area contributed by atoms with E-state index in [9.17, 15) is 14.9 Å². The highest BCUT2D eigenvalue weighted by Crippen LogP contribution is 2.40. The molecule has 0 aliphatic carbocycles. The fourth-order valence-corrected chi connectivity index (χ4v) is 3.67. The van der Waals surface area contributed by atoms with Gasteiger partial charge in [-0.2, -0.15) is 0 Å². The van der Waals surface area contributed by atoms with Crippen molar-refractivity contribution in [3.63, 3.8) is 0 Å². The van der Waals surface area contributed by atoms with Crippen LogP contribution in [0.15, 0.2) is 18.2 Å². The molecule has 3 rings (SSSR count). The summed E-state index contributed by atoms with van der Waals surface area (Å²) >= 11 is 0. The van der Waals surface area contributed by atoms with E-state index in [1.54, 1.807) is 12.1 Å². The summed E-state index contributed by atoms with van der Waals surface area (Å²) < 4.78 is 0. The highest BCUT2D eigenvalue weighted by molar-refractivity contribution is 5.82. The SMILES string of the molecule is CC(C)NC(=O)[C@@H]1Cc2cc([N+](=O)[O-])ccc2N2CCC[C@H]12. The average molecular weight is 303 g/mol. The van der Waals surface area contributed by atoms with Crippen LogP contribution in [0, 0.1) is 16.0 Å². The lowest BCUT2D eigenvalue weighted by Gasteiger charge is -2.39. The Morgan fingerprint density at radius 1 is 1.45 bits per heavy atom. The molecule has 0 unspecified atom stereocenters. The summed E-state index contributed by atoms with van der Waals surface area (Å²) in [6, 6.07) is 5.34. The predicted octanol–water partition coefficient (Wildman–Crippen LogP) is 2.26. The van der Waals surface area contributed by atoms with Crippen LogP contribution in [-0.2, 0) is 11.2 Å². The normalized spacial score (nSPS) is 23.1. The number of nitro benzene ring substituents is 1. The second-order valence-corrected chi connectivity index (χ2v) is 6.45. The summed E-state index contributed by atoms with van der Waals surface area (Å²) in [5.41, 5.74) is 2.07. The molecule has 0 aromatic heterocycles. The zero-order valence-corrected chi connectivity index (χ0v) is 12.9. The van der Waals surface area contributed by atoms with E-state index in [0.29, 0.717) is 6.42 Å². The lowest BCUT2D eigenvalue weighted by Crippen LogP contribution is -2.49. The number of carbonyl (C=O) groups is 1. The Balaban J connectivity index is 1.95. The minimum atomic E-state index is -0.375. The molecule has 0 bridgehead atoms. The number of hydrogen-bond acceptors (Lipinski definition) is 4. The molecule has 6 heteroatoms. The van der Waals surface area contributed by atoms with Crippen molar-refractivity contribution in [1.29, 1.82) is 0 Å². The Kier molecular flexibility index (Phi) is 3.76. The van der Waals surface area contributed by atoms with E-state index < -0.39 is 0 Å². The summed E-state index contributed by atoms with van der Waals surface area (Å²) in [6.07, 6.45) is 2.65. The quantitative estimate of drug-likeness (QED) is 0.686. The van der Waals surface area contributed by atoms with Gasteiger partial charge < -0.3 is 10.2 Å². The van der Waals surface area contributed by atoms with Crippen molar-refractivity contribution in [1.82, 2.24) is 5.32 Å². The second kappa shape index (κ2) is 5.59. The number of nitrogens with one attached hydrogen (secondary N) is 1. The summed E-state index contributed by atoms with van der Waals surface area (Å²) in [5.74, 6) is -0.0662. The molecule has 1 aromatic rings. The van der Waals surface area contributed by atoms with Gasteiger partial charge in [-0.3, -0.25) is 14.9 Å². The molecule has 1 aromatic carbocycles. The molecule has 0 radical (unpaired) electrons. The second-order valence-electron chi connectivity index (χ2n) is 6.45. The Hall–Kier alpha value is -2.11.